The summed E-state index contributed by atoms with van der Waals surface area (Å²) in [7, 11) is 0. The van der Waals surface area contributed by atoms with Gasteiger partial charge in [-0.05, 0) is 43.4 Å². The summed E-state index contributed by atoms with van der Waals surface area (Å²) in [5.74, 6) is 1.33. The van der Waals surface area contributed by atoms with Gasteiger partial charge < -0.3 is 10.2 Å². The molecule has 1 aliphatic heterocycles. The van der Waals surface area contributed by atoms with E-state index in [2.05, 4.69) is 35.1 Å². The topological polar surface area (TPSA) is 45.2 Å². The third kappa shape index (κ3) is 3.71. The normalized spacial score (nSPS) is 14.8. The molecule has 2 heterocycles. The zero-order valence-electron chi connectivity index (χ0n) is 12.6. The number of carbonyl (C=O) groups excluding carboxylic acids is 1. The lowest BCUT2D eigenvalue weighted by Gasteiger charge is -2.17. The van der Waals surface area contributed by atoms with Gasteiger partial charge in [-0.25, -0.2) is 4.98 Å². The average Bonchev–Trinajstić information content (AvgIpc) is 3.01. The molecular formula is C16H25N3O. The fourth-order valence-corrected chi connectivity index (χ4v) is 2.68. The summed E-state index contributed by atoms with van der Waals surface area (Å²) in [6.45, 7) is 6.91. The second-order valence-electron chi connectivity index (χ2n) is 5.45. The number of nitrogens with zero attached hydrogens (tertiary/aromatic N) is 2. The number of anilines is 1. The number of carbonyl (C=O) groups is 1. The van der Waals surface area contributed by atoms with Crippen LogP contribution in [-0.2, 0) is 11.3 Å². The quantitative estimate of drug-likeness (QED) is 0.868. The number of pyridine rings is 1. The van der Waals surface area contributed by atoms with E-state index in [0.717, 1.165) is 37.3 Å². The second kappa shape index (κ2) is 7.27. The molecule has 1 aliphatic rings. The Morgan fingerprint density at radius 3 is 2.70 bits per heavy atom. The van der Waals surface area contributed by atoms with Crippen molar-refractivity contribution < 1.29 is 4.79 Å². The lowest BCUT2D eigenvalue weighted by atomic mass is 10.0. The van der Waals surface area contributed by atoms with E-state index in [1.54, 1.807) is 0 Å². The van der Waals surface area contributed by atoms with Gasteiger partial charge in [-0.15, -0.1) is 0 Å². The molecule has 0 atom stereocenters. The molecule has 0 radical (unpaired) electrons. The van der Waals surface area contributed by atoms with E-state index >= 15 is 0 Å². The molecule has 1 fully saturated rings. The minimum absolute atomic E-state index is 0.134. The van der Waals surface area contributed by atoms with E-state index in [0.29, 0.717) is 6.54 Å². The van der Waals surface area contributed by atoms with Gasteiger partial charge in [0, 0.05) is 31.7 Å². The molecule has 0 aromatic carbocycles. The monoisotopic (exact) mass is 275 g/mol. The summed E-state index contributed by atoms with van der Waals surface area (Å²) in [4.78, 5) is 18.7. The minimum atomic E-state index is 0.134. The molecule has 0 bridgehead atoms. The third-order valence-electron chi connectivity index (χ3n) is 4.06. The summed E-state index contributed by atoms with van der Waals surface area (Å²) < 4.78 is 0. The zero-order valence-corrected chi connectivity index (χ0v) is 12.6. The number of amides is 1. The predicted octanol–water partition coefficient (Wildman–Crippen LogP) is 2.73. The predicted molar refractivity (Wildman–Crippen MR) is 81.6 cm³/mol. The second-order valence-corrected chi connectivity index (χ2v) is 5.45. The van der Waals surface area contributed by atoms with Gasteiger partial charge in [0.25, 0.3) is 0 Å². The Labute approximate surface area is 121 Å². The van der Waals surface area contributed by atoms with Gasteiger partial charge in [0.15, 0.2) is 0 Å². The SMILES string of the molecule is CCC(CC)C(=O)NCc1ccnc(N2CCCC2)c1. The first kappa shape index (κ1) is 14.8. The molecule has 20 heavy (non-hydrogen) atoms. The first-order valence-corrected chi connectivity index (χ1v) is 7.72. The molecule has 0 spiro atoms. The van der Waals surface area contributed by atoms with Crippen molar-refractivity contribution >= 4 is 11.7 Å². The van der Waals surface area contributed by atoms with Gasteiger partial charge in [0.05, 0.1) is 0 Å². The highest BCUT2D eigenvalue weighted by atomic mass is 16.1. The number of nitrogens with one attached hydrogen (secondary N) is 1. The number of hydrogen-bond acceptors (Lipinski definition) is 3. The summed E-state index contributed by atoms with van der Waals surface area (Å²) in [5.41, 5.74) is 1.13. The van der Waals surface area contributed by atoms with E-state index in [4.69, 9.17) is 0 Å². The molecule has 1 aromatic rings. The van der Waals surface area contributed by atoms with Crippen molar-refractivity contribution in [1.82, 2.24) is 10.3 Å². The van der Waals surface area contributed by atoms with Crippen LogP contribution >= 0.6 is 0 Å². The third-order valence-corrected chi connectivity index (χ3v) is 4.06. The lowest BCUT2D eigenvalue weighted by Crippen LogP contribution is -2.29. The molecule has 0 saturated carbocycles. The average molecular weight is 275 g/mol. The first-order chi connectivity index (χ1) is 9.74. The van der Waals surface area contributed by atoms with Crippen LogP contribution in [-0.4, -0.2) is 24.0 Å². The molecule has 1 aromatic heterocycles. The Kier molecular flexibility index (Phi) is 5.39. The van der Waals surface area contributed by atoms with E-state index in [1.807, 2.05) is 12.3 Å². The van der Waals surface area contributed by atoms with Crippen LogP contribution in [0.2, 0.25) is 0 Å². The highest BCUT2D eigenvalue weighted by Gasteiger charge is 2.15. The van der Waals surface area contributed by atoms with E-state index in [-0.39, 0.29) is 11.8 Å². The molecule has 4 nitrogen and oxygen atoms in total. The fraction of sp³-hybridized carbons (Fsp3) is 0.625. The zero-order chi connectivity index (χ0) is 14.4. The van der Waals surface area contributed by atoms with Crippen molar-refractivity contribution in [1.29, 1.82) is 0 Å². The van der Waals surface area contributed by atoms with Crippen molar-refractivity contribution in [2.45, 2.75) is 46.1 Å². The van der Waals surface area contributed by atoms with E-state index < -0.39 is 0 Å². The van der Waals surface area contributed by atoms with Crippen LogP contribution < -0.4 is 10.2 Å². The standard InChI is InChI=1S/C16H25N3O/c1-3-14(4-2)16(20)18-12-13-7-8-17-15(11-13)19-9-5-6-10-19/h7-8,11,14H,3-6,9-10,12H2,1-2H3,(H,18,20). The van der Waals surface area contributed by atoms with Crippen molar-refractivity contribution in [3.8, 4) is 0 Å². The molecule has 0 aliphatic carbocycles. The first-order valence-electron chi connectivity index (χ1n) is 7.72. The van der Waals surface area contributed by atoms with Gasteiger partial charge in [0.1, 0.15) is 5.82 Å². The van der Waals surface area contributed by atoms with Crippen LogP contribution in [0.5, 0.6) is 0 Å². The highest BCUT2D eigenvalue weighted by Crippen LogP contribution is 2.18. The highest BCUT2D eigenvalue weighted by molar-refractivity contribution is 5.78. The van der Waals surface area contributed by atoms with Crippen molar-refractivity contribution in [2.24, 2.45) is 5.92 Å². The van der Waals surface area contributed by atoms with Crippen molar-refractivity contribution in [2.75, 3.05) is 18.0 Å². The maximum Gasteiger partial charge on any atom is 0.223 e. The van der Waals surface area contributed by atoms with Crippen LogP contribution in [0, 0.1) is 5.92 Å². The molecule has 110 valence electrons. The van der Waals surface area contributed by atoms with Crippen LogP contribution in [0.25, 0.3) is 0 Å². The summed E-state index contributed by atoms with van der Waals surface area (Å²) in [5, 5.41) is 3.03. The van der Waals surface area contributed by atoms with Crippen LogP contribution in [0.4, 0.5) is 5.82 Å². The Hall–Kier alpha value is -1.58. The Morgan fingerprint density at radius 2 is 2.05 bits per heavy atom. The maximum absolute atomic E-state index is 12.0. The molecule has 4 heteroatoms. The summed E-state index contributed by atoms with van der Waals surface area (Å²) >= 11 is 0. The Morgan fingerprint density at radius 1 is 1.35 bits per heavy atom. The van der Waals surface area contributed by atoms with Crippen molar-refractivity contribution in [3.63, 3.8) is 0 Å². The summed E-state index contributed by atoms with van der Waals surface area (Å²) in [6.07, 6.45) is 6.14. The van der Waals surface area contributed by atoms with Gasteiger partial charge in [0.2, 0.25) is 5.91 Å². The number of aromatic nitrogens is 1. The maximum atomic E-state index is 12.0. The summed E-state index contributed by atoms with van der Waals surface area (Å²) in [6, 6.07) is 4.07. The number of rotatable bonds is 6. The van der Waals surface area contributed by atoms with E-state index in [9.17, 15) is 4.79 Å². The molecular weight excluding hydrogens is 250 g/mol. The minimum Gasteiger partial charge on any atom is -0.357 e. The van der Waals surface area contributed by atoms with Gasteiger partial charge in [-0.3, -0.25) is 4.79 Å². The molecule has 1 amide bonds. The Bertz CT molecular complexity index is 437. The van der Waals surface area contributed by atoms with Crippen LogP contribution in [0.15, 0.2) is 18.3 Å². The van der Waals surface area contributed by atoms with Crippen LogP contribution in [0.3, 0.4) is 0 Å². The Balaban J connectivity index is 1.92. The largest absolute Gasteiger partial charge is 0.357 e. The van der Waals surface area contributed by atoms with E-state index in [1.165, 1.54) is 12.8 Å². The number of hydrogen-bond donors (Lipinski definition) is 1. The molecule has 0 unspecified atom stereocenters. The van der Waals surface area contributed by atoms with Gasteiger partial charge in [-0.2, -0.15) is 0 Å². The van der Waals surface area contributed by atoms with Gasteiger partial charge >= 0.3 is 0 Å². The lowest BCUT2D eigenvalue weighted by molar-refractivity contribution is -0.125. The smallest absolute Gasteiger partial charge is 0.223 e. The molecule has 1 N–H and O–H groups in total. The van der Waals surface area contributed by atoms with Crippen LogP contribution in [0.1, 0.15) is 45.1 Å². The van der Waals surface area contributed by atoms with Gasteiger partial charge in [-0.1, -0.05) is 13.8 Å². The van der Waals surface area contributed by atoms with Crippen molar-refractivity contribution in [3.05, 3.63) is 23.9 Å². The molecule has 2 rings (SSSR count). The fourth-order valence-electron chi connectivity index (χ4n) is 2.68. The molecule has 1 saturated heterocycles.